The highest BCUT2D eigenvalue weighted by atomic mass is 15.2. The largest absolute Gasteiger partial charge is 0.382 e. The van der Waals surface area contributed by atoms with Crippen molar-refractivity contribution in [1.29, 1.82) is 0 Å². The Morgan fingerprint density at radius 2 is 2.25 bits per heavy atom. The summed E-state index contributed by atoms with van der Waals surface area (Å²) in [4.78, 5) is 6.39. The third-order valence-corrected chi connectivity index (χ3v) is 3.68. The van der Waals surface area contributed by atoms with E-state index in [-0.39, 0.29) is 0 Å². The molecular formula is C12H20N4. The van der Waals surface area contributed by atoms with Gasteiger partial charge in [-0.1, -0.05) is 0 Å². The molecule has 16 heavy (non-hydrogen) atoms. The third-order valence-electron chi connectivity index (χ3n) is 3.68. The second kappa shape index (κ2) is 4.29. The van der Waals surface area contributed by atoms with Gasteiger partial charge in [-0.3, -0.25) is 0 Å². The average molecular weight is 220 g/mol. The van der Waals surface area contributed by atoms with E-state index in [1.807, 2.05) is 12.1 Å². The lowest BCUT2D eigenvalue weighted by atomic mass is 9.75. The average Bonchev–Trinajstić information content (AvgIpc) is 2.18. The van der Waals surface area contributed by atoms with Gasteiger partial charge in [-0.25, -0.2) is 4.98 Å². The summed E-state index contributed by atoms with van der Waals surface area (Å²) in [6.07, 6.45) is 5.55. The van der Waals surface area contributed by atoms with E-state index in [4.69, 9.17) is 5.73 Å². The summed E-state index contributed by atoms with van der Waals surface area (Å²) in [5.74, 6) is 0.579. The Morgan fingerprint density at radius 3 is 2.75 bits per heavy atom. The zero-order valence-corrected chi connectivity index (χ0v) is 10.0. The first-order valence-electron chi connectivity index (χ1n) is 5.76. The molecule has 88 valence electrons. The molecule has 0 radical (unpaired) electrons. The first-order valence-corrected chi connectivity index (χ1v) is 5.76. The summed E-state index contributed by atoms with van der Waals surface area (Å²) in [5.41, 5.74) is 7.05. The summed E-state index contributed by atoms with van der Waals surface area (Å²) in [7, 11) is 4.29. The lowest BCUT2D eigenvalue weighted by Gasteiger charge is -2.47. The second-order valence-electron chi connectivity index (χ2n) is 4.76. The molecule has 0 aromatic carbocycles. The van der Waals surface area contributed by atoms with Crippen LogP contribution in [-0.2, 0) is 0 Å². The Labute approximate surface area is 96.8 Å². The summed E-state index contributed by atoms with van der Waals surface area (Å²) in [5, 5.41) is 3.41. The quantitative estimate of drug-likeness (QED) is 0.808. The van der Waals surface area contributed by atoms with Crippen molar-refractivity contribution >= 4 is 11.5 Å². The molecule has 1 aliphatic rings. The van der Waals surface area contributed by atoms with E-state index >= 15 is 0 Å². The minimum atomic E-state index is 0.308. The topological polar surface area (TPSA) is 54.2 Å². The molecule has 0 aliphatic heterocycles. The van der Waals surface area contributed by atoms with Crippen LogP contribution in [0.15, 0.2) is 18.3 Å². The van der Waals surface area contributed by atoms with E-state index in [1.165, 1.54) is 19.3 Å². The maximum absolute atomic E-state index is 5.80. The number of hydrogen-bond donors (Lipinski definition) is 2. The SMILES string of the molecule is CN(C)C1(CNc2cccnc2N)CCC1. The minimum Gasteiger partial charge on any atom is -0.382 e. The molecule has 0 atom stereocenters. The second-order valence-corrected chi connectivity index (χ2v) is 4.76. The maximum atomic E-state index is 5.80. The van der Waals surface area contributed by atoms with E-state index in [1.54, 1.807) is 6.20 Å². The van der Waals surface area contributed by atoms with Crippen molar-refractivity contribution in [1.82, 2.24) is 9.88 Å². The summed E-state index contributed by atoms with van der Waals surface area (Å²) in [6, 6.07) is 3.88. The predicted octanol–water partition coefficient (Wildman–Crippen LogP) is 1.56. The normalized spacial score (nSPS) is 18.2. The highest BCUT2D eigenvalue weighted by molar-refractivity contribution is 5.61. The van der Waals surface area contributed by atoms with E-state index in [2.05, 4.69) is 29.3 Å². The number of nitrogens with one attached hydrogen (secondary N) is 1. The van der Waals surface area contributed by atoms with Gasteiger partial charge in [-0.15, -0.1) is 0 Å². The fraction of sp³-hybridized carbons (Fsp3) is 0.583. The monoisotopic (exact) mass is 220 g/mol. The lowest BCUT2D eigenvalue weighted by molar-refractivity contribution is 0.0739. The summed E-state index contributed by atoms with van der Waals surface area (Å²) < 4.78 is 0. The Bertz CT molecular complexity index is 358. The van der Waals surface area contributed by atoms with E-state index in [0.29, 0.717) is 11.4 Å². The Hall–Kier alpha value is -1.29. The molecule has 1 fully saturated rings. The zero-order chi connectivity index (χ0) is 11.6. The number of anilines is 2. The van der Waals surface area contributed by atoms with Crippen LogP contribution < -0.4 is 11.1 Å². The molecule has 0 saturated heterocycles. The van der Waals surface area contributed by atoms with Crippen LogP contribution in [0.2, 0.25) is 0 Å². The fourth-order valence-electron chi connectivity index (χ4n) is 2.19. The van der Waals surface area contributed by atoms with Gasteiger partial charge in [0.2, 0.25) is 0 Å². The maximum Gasteiger partial charge on any atom is 0.146 e. The number of pyridine rings is 1. The van der Waals surface area contributed by atoms with Crippen LogP contribution >= 0.6 is 0 Å². The molecule has 0 bridgehead atoms. The molecule has 1 aromatic rings. The molecule has 1 aliphatic carbocycles. The number of nitrogens with zero attached hydrogens (tertiary/aromatic N) is 2. The van der Waals surface area contributed by atoms with Crippen molar-refractivity contribution in [3.8, 4) is 0 Å². The Kier molecular flexibility index (Phi) is 3.01. The van der Waals surface area contributed by atoms with Gasteiger partial charge in [-0.2, -0.15) is 0 Å². The van der Waals surface area contributed by atoms with Crippen LogP contribution in [-0.4, -0.2) is 36.1 Å². The lowest BCUT2D eigenvalue weighted by Crippen LogP contribution is -2.54. The smallest absolute Gasteiger partial charge is 0.146 e. The fourth-order valence-corrected chi connectivity index (χ4v) is 2.19. The van der Waals surface area contributed by atoms with E-state index in [0.717, 1.165) is 12.2 Å². The van der Waals surface area contributed by atoms with Gasteiger partial charge in [0.1, 0.15) is 5.82 Å². The summed E-state index contributed by atoms with van der Waals surface area (Å²) >= 11 is 0. The van der Waals surface area contributed by atoms with Crippen molar-refractivity contribution in [3.05, 3.63) is 18.3 Å². The van der Waals surface area contributed by atoms with Crippen molar-refractivity contribution in [2.75, 3.05) is 31.7 Å². The van der Waals surface area contributed by atoms with E-state index in [9.17, 15) is 0 Å². The van der Waals surface area contributed by atoms with Gasteiger partial charge in [-0.05, 0) is 45.5 Å². The van der Waals surface area contributed by atoms with Gasteiger partial charge >= 0.3 is 0 Å². The molecule has 1 aromatic heterocycles. The zero-order valence-electron chi connectivity index (χ0n) is 10.0. The van der Waals surface area contributed by atoms with Gasteiger partial charge in [0.25, 0.3) is 0 Å². The molecule has 2 rings (SSSR count). The van der Waals surface area contributed by atoms with E-state index < -0.39 is 0 Å². The number of likely N-dealkylation sites (N-methyl/N-ethyl adjacent to an activating group) is 1. The van der Waals surface area contributed by atoms with Crippen LogP contribution in [0, 0.1) is 0 Å². The van der Waals surface area contributed by atoms with Crippen LogP contribution in [0.4, 0.5) is 11.5 Å². The van der Waals surface area contributed by atoms with Crippen LogP contribution in [0.25, 0.3) is 0 Å². The highest BCUT2D eigenvalue weighted by Crippen LogP contribution is 2.36. The molecule has 4 nitrogen and oxygen atoms in total. The number of rotatable bonds is 4. The number of aromatic nitrogens is 1. The molecular weight excluding hydrogens is 200 g/mol. The van der Waals surface area contributed by atoms with Gasteiger partial charge in [0.15, 0.2) is 0 Å². The number of hydrogen-bond acceptors (Lipinski definition) is 4. The summed E-state index contributed by atoms with van der Waals surface area (Å²) in [6.45, 7) is 0.940. The van der Waals surface area contributed by atoms with Gasteiger partial charge in [0.05, 0.1) is 5.69 Å². The molecule has 3 N–H and O–H groups in total. The predicted molar refractivity (Wildman–Crippen MR) is 67.4 cm³/mol. The number of nitrogens with two attached hydrogens (primary N) is 1. The van der Waals surface area contributed by atoms with Crippen molar-refractivity contribution in [3.63, 3.8) is 0 Å². The Morgan fingerprint density at radius 1 is 1.50 bits per heavy atom. The molecule has 0 unspecified atom stereocenters. The first-order chi connectivity index (χ1) is 7.64. The van der Waals surface area contributed by atoms with Crippen molar-refractivity contribution in [2.24, 2.45) is 0 Å². The van der Waals surface area contributed by atoms with Crippen LogP contribution in [0.3, 0.4) is 0 Å². The van der Waals surface area contributed by atoms with Crippen LogP contribution in [0.1, 0.15) is 19.3 Å². The van der Waals surface area contributed by atoms with Crippen molar-refractivity contribution < 1.29 is 0 Å². The van der Waals surface area contributed by atoms with Gasteiger partial charge in [0, 0.05) is 18.3 Å². The highest BCUT2D eigenvalue weighted by Gasteiger charge is 2.38. The standard InChI is InChI=1S/C12H20N4/c1-16(2)12(6-4-7-12)9-15-10-5-3-8-14-11(10)13/h3,5,8,15H,4,6-7,9H2,1-2H3,(H2,13,14). The molecule has 0 amide bonds. The number of nitrogen functional groups attached to an aromatic ring is 1. The molecule has 4 heteroatoms. The van der Waals surface area contributed by atoms with Crippen LogP contribution in [0.5, 0.6) is 0 Å². The minimum absolute atomic E-state index is 0.308. The molecule has 1 saturated carbocycles. The Balaban J connectivity index is 1.99. The molecule has 1 heterocycles. The molecule has 0 spiro atoms. The van der Waals surface area contributed by atoms with Gasteiger partial charge < -0.3 is 16.0 Å². The van der Waals surface area contributed by atoms with Crippen molar-refractivity contribution in [2.45, 2.75) is 24.8 Å². The first kappa shape index (κ1) is 11.2. The third kappa shape index (κ3) is 1.97.